The normalized spacial score (nSPS) is 29.0. The summed E-state index contributed by atoms with van der Waals surface area (Å²) in [4.78, 5) is 0. The molecule has 0 amide bonds. The molecule has 1 N–H and O–H groups in total. The van der Waals surface area contributed by atoms with E-state index >= 15 is 0 Å². The van der Waals surface area contributed by atoms with Crippen LogP contribution < -0.4 is 5.32 Å². The van der Waals surface area contributed by atoms with E-state index in [0.717, 1.165) is 42.7 Å². The van der Waals surface area contributed by atoms with Gasteiger partial charge in [-0.1, -0.05) is 43.5 Å². The first-order valence-electron chi connectivity index (χ1n) is 8.38. The summed E-state index contributed by atoms with van der Waals surface area (Å²) in [5.74, 6) is 2.29. The van der Waals surface area contributed by atoms with Crippen molar-refractivity contribution in [1.82, 2.24) is 5.32 Å². The number of hydrogen-bond acceptors (Lipinski definition) is 1. The maximum absolute atomic E-state index is 13.6. The molecule has 0 bridgehead atoms. The third-order valence-corrected chi connectivity index (χ3v) is 5.74. The van der Waals surface area contributed by atoms with Crippen LogP contribution in [0.2, 0.25) is 5.02 Å². The van der Waals surface area contributed by atoms with Crippen LogP contribution in [0.1, 0.15) is 44.6 Å². The molecule has 1 aromatic carbocycles. The molecule has 2 aliphatic rings. The second-order valence-electron chi connectivity index (χ2n) is 6.67. The first-order valence-corrected chi connectivity index (χ1v) is 8.76. The third kappa shape index (κ3) is 3.27. The molecule has 3 rings (SSSR count). The molecule has 1 aromatic rings. The summed E-state index contributed by atoms with van der Waals surface area (Å²) in [7, 11) is 0. The molecule has 1 nitrogen and oxygen atoms in total. The van der Waals surface area contributed by atoms with E-state index in [-0.39, 0.29) is 5.82 Å². The van der Waals surface area contributed by atoms with Crippen molar-refractivity contribution in [3.05, 3.63) is 34.6 Å². The minimum absolute atomic E-state index is 0.295. The zero-order valence-electron chi connectivity index (χ0n) is 12.7. The molecule has 0 aromatic heterocycles. The summed E-state index contributed by atoms with van der Waals surface area (Å²) in [5, 5.41) is 4.01. The van der Waals surface area contributed by atoms with Crippen LogP contribution in [0.3, 0.4) is 0 Å². The standard InChI is InChI=1S/C18H25ClFN/c1-2-10-21-16(17-13-7-3-4-8-14(13)17)11-12-6-5-9-15(20)18(12)19/h5-6,9,13-14,16-17,21H,2-4,7-8,10-11H2,1H3. The molecule has 0 heterocycles. The molecule has 0 radical (unpaired) electrons. The maximum atomic E-state index is 13.6. The minimum atomic E-state index is -0.295. The maximum Gasteiger partial charge on any atom is 0.142 e. The fraction of sp³-hybridized carbons (Fsp3) is 0.667. The summed E-state index contributed by atoms with van der Waals surface area (Å²) < 4.78 is 13.6. The summed E-state index contributed by atoms with van der Waals surface area (Å²) in [6, 6.07) is 5.64. The van der Waals surface area contributed by atoms with Crippen molar-refractivity contribution in [1.29, 1.82) is 0 Å². The van der Waals surface area contributed by atoms with E-state index in [1.54, 1.807) is 6.07 Å². The van der Waals surface area contributed by atoms with Crippen LogP contribution in [-0.2, 0) is 6.42 Å². The first-order chi connectivity index (χ1) is 10.2. The lowest BCUT2D eigenvalue weighted by molar-refractivity contribution is 0.427. The fourth-order valence-corrected chi connectivity index (χ4v) is 4.46. The van der Waals surface area contributed by atoms with Gasteiger partial charge in [-0.25, -0.2) is 4.39 Å². The minimum Gasteiger partial charge on any atom is -0.313 e. The Kier molecular flexibility index (Phi) is 4.85. The number of hydrogen-bond donors (Lipinski definition) is 1. The van der Waals surface area contributed by atoms with Gasteiger partial charge in [-0.2, -0.15) is 0 Å². The predicted molar refractivity (Wildman–Crippen MR) is 86.1 cm³/mol. The van der Waals surface area contributed by atoms with Gasteiger partial charge in [0.25, 0.3) is 0 Å². The van der Waals surface area contributed by atoms with Gasteiger partial charge in [-0.3, -0.25) is 0 Å². The van der Waals surface area contributed by atoms with Crippen molar-refractivity contribution in [3.63, 3.8) is 0 Å². The summed E-state index contributed by atoms with van der Waals surface area (Å²) in [6.45, 7) is 3.23. The highest BCUT2D eigenvalue weighted by Gasteiger charge is 2.53. The lowest BCUT2D eigenvalue weighted by Gasteiger charge is -2.20. The van der Waals surface area contributed by atoms with E-state index in [9.17, 15) is 4.39 Å². The van der Waals surface area contributed by atoms with Crippen molar-refractivity contribution >= 4 is 11.6 Å². The molecule has 0 spiro atoms. The molecule has 0 saturated heterocycles. The van der Waals surface area contributed by atoms with Crippen molar-refractivity contribution in [3.8, 4) is 0 Å². The Morgan fingerprint density at radius 3 is 2.67 bits per heavy atom. The second kappa shape index (κ2) is 6.66. The van der Waals surface area contributed by atoms with Gasteiger partial charge in [0.05, 0.1) is 5.02 Å². The van der Waals surface area contributed by atoms with Crippen molar-refractivity contribution < 1.29 is 4.39 Å². The highest BCUT2D eigenvalue weighted by molar-refractivity contribution is 6.31. The number of rotatable bonds is 6. The largest absolute Gasteiger partial charge is 0.313 e. The van der Waals surface area contributed by atoms with E-state index in [1.807, 2.05) is 6.07 Å². The SMILES string of the molecule is CCCNC(Cc1cccc(F)c1Cl)C1C2CCCCC21. The zero-order valence-corrected chi connectivity index (χ0v) is 13.5. The van der Waals surface area contributed by atoms with Crippen LogP contribution in [0.25, 0.3) is 0 Å². The molecule has 0 aliphatic heterocycles. The smallest absolute Gasteiger partial charge is 0.142 e. The van der Waals surface area contributed by atoms with Crippen LogP contribution in [-0.4, -0.2) is 12.6 Å². The molecule has 3 heteroatoms. The zero-order chi connectivity index (χ0) is 14.8. The second-order valence-corrected chi connectivity index (χ2v) is 7.05. The Morgan fingerprint density at radius 1 is 1.29 bits per heavy atom. The van der Waals surface area contributed by atoms with E-state index < -0.39 is 0 Å². The molecule has 2 saturated carbocycles. The average molecular weight is 310 g/mol. The van der Waals surface area contributed by atoms with Crippen LogP contribution >= 0.6 is 11.6 Å². The van der Waals surface area contributed by atoms with Crippen LogP contribution in [0.15, 0.2) is 18.2 Å². The van der Waals surface area contributed by atoms with Gasteiger partial charge in [-0.15, -0.1) is 0 Å². The van der Waals surface area contributed by atoms with Crippen molar-refractivity contribution in [2.24, 2.45) is 17.8 Å². The van der Waals surface area contributed by atoms with E-state index in [2.05, 4.69) is 12.2 Å². The first kappa shape index (κ1) is 15.3. The molecule has 3 unspecified atom stereocenters. The van der Waals surface area contributed by atoms with Gasteiger partial charge in [0.1, 0.15) is 5.82 Å². The topological polar surface area (TPSA) is 12.0 Å². The van der Waals surface area contributed by atoms with Gasteiger partial charge >= 0.3 is 0 Å². The van der Waals surface area contributed by atoms with Gasteiger partial charge < -0.3 is 5.32 Å². The average Bonchev–Trinajstić information content (AvgIpc) is 3.22. The molecule has 2 fully saturated rings. The highest BCUT2D eigenvalue weighted by atomic mass is 35.5. The quantitative estimate of drug-likeness (QED) is 0.794. The van der Waals surface area contributed by atoms with Crippen molar-refractivity contribution in [2.45, 2.75) is 51.5 Å². The van der Waals surface area contributed by atoms with Crippen LogP contribution in [0, 0.1) is 23.6 Å². The van der Waals surface area contributed by atoms with Crippen LogP contribution in [0.5, 0.6) is 0 Å². The lowest BCUT2D eigenvalue weighted by atomic mass is 9.99. The molecule has 3 atom stereocenters. The number of halogens is 2. The summed E-state index contributed by atoms with van der Waals surface area (Å²) in [5.41, 5.74) is 0.953. The van der Waals surface area contributed by atoms with Crippen molar-refractivity contribution in [2.75, 3.05) is 6.54 Å². The lowest BCUT2D eigenvalue weighted by Crippen LogP contribution is -2.35. The summed E-state index contributed by atoms with van der Waals surface area (Å²) in [6.07, 6.45) is 7.54. The Hall–Kier alpha value is -0.600. The van der Waals surface area contributed by atoms with Gasteiger partial charge in [-0.05, 0) is 61.6 Å². The summed E-state index contributed by atoms with van der Waals surface area (Å²) >= 11 is 6.15. The number of fused-ring (bicyclic) bond motifs is 1. The van der Waals surface area contributed by atoms with E-state index in [0.29, 0.717) is 11.1 Å². The Morgan fingerprint density at radius 2 is 2.00 bits per heavy atom. The number of nitrogens with one attached hydrogen (secondary N) is 1. The molecule has 2 aliphatic carbocycles. The molecule has 21 heavy (non-hydrogen) atoms. The Labute approximate surface area is 132 Å². The molecular formula is C18H25ClFN. The molecule has 116 valence electrons. The Bertz CT molecular complexity index is 478. The van der Waals surface area contributed by atoms with Gasteiger partial charge in [0.15, 0.2) is 0 Å². The van der Waals surface area contributed by atoms with Gasteiger partial charge in [0, 0.05) is 6.04 Å². The van der Waals surface area contributed by atoms with E-state index in [1.165, 1.54) is 31.7 Å². The van der Waals surface area contributed by atoms with Crippen LogP contribution in [0.4, 0.5) is 4.39 Å². The third-order valence-electron chi connectivity index (χ3n) is 5.32. The van der Waals surface area contributed by atoms with Gasteiger partial charge in [0.2, 0.25) is 0 Å². The number of benzene rings is 1. The monoisotopic (exact) mass is 309 g/mol. The highest BCUT2D eigenvalue weighted by Crippen LogP contribution is 2.57. The molecular weight excluding hydrogens is 285 g/mol. The Balaban J connectivity index is 1.72. The fourth-order valence-electron chi connectivity index (χ4n) is 4.26. The van der Waals surface area contributed by atoms with E-state index in [4.69, 9.17) is 11.6 Å². The predicted octanol–water partition coefficient (Wildman–Crippen LogP) is 4.83.